The van der Waals surface area contributed by atoms with Crippen LogP contribution in [0.4, 0.5) is 5.00 Å². The lowest BCUT2D eigenvalue weighted by Crippen LogP contribution is -2.18. The number of aromatic nitrogens is 1. The summed E-state index contributed by atoms with van der Waals surface area (Å²) in [6.45, 7) is 3.86. The highest BCUT2D eigenvalue weighted by atomic mass is 35.5. The molecule has 0 fully saturated rings. The highest BCUT2D eigenvalue weighted by Gasteiger charge is 2.22. The van der Waals surface area contributed by atoms with Crippen molar-refractivity contribution in [3.05, 3.63) is 80.1 Å². The van der Waals surface area contributed by atoms with Crippen LogP contribution in [0.5, 0.6) is 0 Å². The summed E-state index contributed by atoms with van der Waals surface area (Å²) in [6, 6.07) is 14.3. The molecule has 3 N–H and O–H groups in total. The molecular formula is C24H19Cl2N3O2S. The van der Waals surface area contributed by atoms with Crippen LogP contribution in [-0.2, 0) is 6.42 Å². The Morgan fingerprint density at radius 2 is 1.84 bits per heavy atom. The number of aryl methyl sites for hydroxylation is 1. The molecule has 0 aliphatic carbocycles. The molecule has 0 aliphatic rings. The fraction of sp³-hybridized carbons (Fsp3) is 0.125. The Hall–Kier alpha value is -2.93. The molecule has 0 bridgehead atoms. The maximum Gasteiger partial charge on any atom is 0.257 e. The van der Waals surface area contributed by atoms with E-state index in [1.165, 1.54) is 11.3 Å². The van der Waals surface area contributed by atoms with Crippen LogP contribution in [0.15, 0.2) is 48.5 Å². The molecule has 0 atom stereocenters. The van der Waals surface area contributed by atoms with Crippen LogP contribution in [0, 0.1) is 6.92 Å². The number of carbonyl (C=O) groups is 2. The minimum Gasteiger partial charge on any atom is -0.365 e. The number of nitrogens with one attached hydrogen (secondary N) is 1. The first-order valence-electron chi connectivity index (χ1n) is 9.88. The molecule has 0 spiro atoms. The van der Waals surface area contributed by atoms with Crippen molar-refractivity contribution in [3.63, 3.8) is 0 Å². The van der Waals surface area contributed by atoms with Gasteiger partial charge in [-0.2, -0.15) is 0 Å². The largest absolute Gasteiger partial charge is 0.365 e. The van der Waals surface area contributed by atoms with Crippen LogP contribution < -0.4 is 11.1 Å². The van der Waals surface area contributed by atoms with E-state index in [0.717, 1.165) is 16.0 Å². The first-order valence-corrected chi connectivity index (χ1v) is 11.5. The first-order chi connectivity index (χ1) is 15.3. The van der Waals surface area contributed by atoms with E-state index in [-0.39, 0.29) is 5.91 Å². The molecule has 4 rings (SSSR count). The van der Waals surface area contributed by atoms with Gasteiger partial charge < -0.3 is 11.1 Å². The summed E-state index contributed by atoms with van der Waals surface area (Å²) in [5, 5.41) is 4.88. The zero-order chi connectivity index (χ0) is 23.0. The molecule has 8 heteroatoms. The predicted octanol–water partition coefficient (Wildman–Crippen LogP) is 6.49. The van der Waals surface area contributed by atoms with Gasteiger partial charge in [-0.25, -0.2) is 4.98 Å². The van der Waals surface area contributed by atoms with E-state index >= 15 is 0 Å². The van der Waals surface area contributed by atoms with Crippen molar-refractivity contribution in [1.29, 1.82) is 0 Å². The Morgan fingerprint density at radius 3 is 2.53 bits per heavy atom. The molecule has 4 aromatic rings. The number of benzene rings is 2. The number of halogens is 2. The summed E-state index contributed by atoms with van der Waals surface area (Å²) in [4.78, 5) is 31.1. The maximum absolute atomic E-state index is 13.4. The lowest BCUT2D eigenvalue weighted by molar-refractivity contribution is 0.100. The number of rotatable bonds is 5. The van der Waals surface area contributed by atoms with Crippen LogP contribution >= 0.6 is 34.5 Å². The molecule has 0 saturated heterocycles. The number of thiophene rings is 1. The van der Waals surface area contributed by atoms with Gasteiger partial charge in [-0.1, -0.05) is 54.4 Å². The normalized spacial score (nSPS) is 11.0. The Morgan fingerprint density at radius 1 is 1.09 bits per heavy atom. The minimum absolute atomic E-state index is 0.351. The Balaban J connectivity index is 1.83. The van der Waals surface area contributed by atoms with Crippen LogP contribution in [0.2, 0.25) is 10.0 Å². The van der Waals surface area contributed by atoms with Gasteiger partial charge in [0.2, 0.25) is 0 Å². The zero-order valence-electron chi connectivity index (χ0n) is 17.3. The summed E-state index contributed by atoms with van der Waals surface area (Å²) in [7, 11) is 0. The van der Waals surface area contributed by atoms with Crippen molar-refractivity contribution >= 4 is 62.3 Å². The van der Waals surface area contributed by atoms with Crippen molar-refractivity contribution in [2.45, 2.75) is 20.3 Å². The molecule has 0 aliphatic heterocycles. The van der Waals surface area contributed by atoms with E-state index in [9.17, 15) is 9.59 Å². The van der Waals surface area contributed by atoms with Gasteiger partial charge in [-0.3, -0.25) is 9.59 Å². The van der Waals surface area contributed by atoms with Crippen molar-refractivity contribution < 1.29 is 9.59 Å². The van der Waals surface area contributed by atoms with Crippen LogP contribution in [0.1, 0.15) is 38.1 Å². The summed E-state index contributed by atoms with van der Waals surface area (Å²) in [6.07, 6.45) is 0.649. The van der Waals surface area contributed by atoms with Gasteiger partial charge in [0.15, 0.2) is 0 Å². The second-order valence-corrected chi connectivity index (χ2v) is 9.25. The molecule has 5 nitrogen and oxygen atoms in total. The number of pyridine rings is 1. The number of amides is 2. The quantitative estimate of drug-likeness (QED) is 0.340. The fourth-order valence-corrected chi connectivity index (χ4v) is 5.13. The number of carbonyl (C=O) groups excluding carboxylic acids is 2. The van der Waals surface area contributed by atoms with Crippen LogP contribution in [0.3, 0.4) is 0 Å². The number of nitrogens with two attached hydrogens (primary N) is 1. The van der Waals surface area contributed by atoms with E-state index in [1.807, 2.05) is 38.1 Å². The second kappa shape index (κ2) is 8.90. The smallest absolute Gasteiger partial charge is 0.257 e. The Bertz CT molecular complexity index is 1380. The van der Waals surface area contributed by atoms with E-state index in [1.54, 1.807) is 24.3 Å². The zero-order valence-corrected chi connectivity index (χ0v) is 19.7. The fourth-order valence-electron chi connectivity index (χ4n) is 3.69. The van der Waals surface area contributed by atoms with E-state index in [0.29, 0.717) is 49.2 Å². The van der Waals surface area contributed by atoms with Crippen LogP contribution in [0.25, 0.3) is 22.2 Å². The number of hydrogen-bond acceptors (Lipinski definition) is 4. The summed E-state index contributed by atoms with van der Waals surface area (Å²) in [5.74, 6) is -0.908. The van der Waals surface area contributed by atoms with Crippen molar-refractivity contribution in [2.75, 3.05) is 5.32 Å². The van der Waals surface area contributed by atoms with Gasteiger partial charge in [0.1, 0.15) is 5.00 Å². The SMILES string of the molecule is CCc1c(C)sc(NC(=O)c2cc(-c3ccc(Cl)c(Cl)c3)nc3ccccc23)c1C(N)=O. The van der Waals surface area contributed by atoms with E-state index in [4.69, 9.17) is 33.9 Å². The minimum atomic E-state index is -0.558. The van der Waals surface area contributed by atoms with Gasteiger partial charge in [-0.05, 0) is 43.2 Å². The van der Waals surface area contributed by atoms with E-state index in [2.05, 4.69) is 5.32 Å². The number of primary amides is 1. The molecular weight excluding hydrogens is 465 g/mol. The third-order valence-electron chi connectivity index (χ3n) is 5.21. The maximum atomic E-state index is 13.4. The van der Waals surface area contributed by atoms with Gasteiger partial charge >= 0.3 is 0 Å². The first kappa shape index (κ1) is 22.3. The number of fused-ring (bicyclic) bond motifs is 1. The molecule has 2 amide bonds. The van der Waals surface area contributed by atoms with Crippen molar-refractivity contribution in [1.82, 2.24) is 4.98 Å². The third-order valence-corrected chi connectivity index (χ3v) is 7.01. The number of nitrogens with zero attached hydrogens (tertiary/aromatic N) is 1. The number of para-hydroxylation sites is 1. The van der Waals surface area contributed by atoms with Gasteiger partial charge in [-0.15, -0.1) is 11.3 Å². The highest BCUT2D eigenvalue weighted by molar-refractivity contribution is 7.16. The van der Waals surface area contributed by atoms with E-state index < -0.39 is 5.91 Å². The molecule has 0 radical (unpaired) electrons. The average molecular weight is 484 g/mol. The number of anilines is 1. The molecule has 2 aromatic carbocycles. The Labute approximate surface area is 199 Å². The predicted molar refractivity (Wildman–Crippen MR) is 132 cm³/mol. The highest BCUT2D eigenvalue weighted by Crippen LogP contribution is 2.35. The number of hydrogen-bond donors (Lipinski definition) is 2. The van der Waals surface area contributed by atoms with Crippen molar-refractivity contribution in [2.24, 2.45) is 5.73 Å². The van der Waals surface area contributed by atoms with Gasteiger partial charge in [0.25, 0.3) is 11.8 Å². The van der Waals surface area contributed by atoms with Crippen molar-refractivity contribution in [3.8, 4) is 11.3 Å². The molecule has 32 heavy (non-hydrogen) atoms. The standard InChI is InChI=1S/C24H19Cl2N3O2S/c1-3-14-12(2)32-24(21(14)22(27)30)29-23(31)16-11-20(13-8-9-17(25)18(26)10-13)28-19-7-5-4-6-15(16)19/h4-11H,3H2,1-2H3,(H2,27,30)(H,29,31). The molecule has 162 valence electrons. The molecule has 2 aromatic heterocycles. The summed E-state index contributed by atoms with van der Waals surface area (Å²) >= 11 is 13.6. The molecule has 0 unspecified atom stereocenters. The second-order valence-electron chi connectivity index (χ2n) is 7.21. The molecule has 0 saturated carbocycles. The Kier molecular flexibility index (Phi) is 6.20. The lowest BCUT2D eigenvalue weighted by Gasteiger charge is -2.11. The summed E-state index contributed by atoms with van der Waals surface area (Å²) < 4.78 is 0. The van der Waals surface area contributed by atoms with Gasteiger partial charge in [0, 0.05) is 15.8 Å². The monoisotopic (exact) mass is 483 g/mol. The topological polar surface area (TPSA) is 85.1 Å². The lowest BCUT2D eigenvalue weighted by atomic mass is 10.0. The molecule has 2 heterocycles. The van der Waals surface area contributed by atoms with Gasteiger partial charge in [0.05, 0.1) is 32.4 Å². The third kappa shape index (κ3) is 4.09. The average Bonchev–Trinajstić information content (AvgIpc) is 3.09. The van der Waals surface area contributed by atoms with Crippen LogP contribution in [-0.4, -0.2) is 16.8 Å². The summed E-state index contributed by atoms with van der Waals surface area (Å²) in [5.41, 5.74) is 9.24.